The van der Waals surface area contributed by atoms with E-state index >= 15 is 0 Å². The summed E-state index contributed by atoms with van der Waals surface area (Å²) in [6.07, 6.45) is 0. The number of halogens is 1. The quantitative estimate of drug-likeness (QED) is 0.439. The maximum atomic E-state index is 12.1. The summed E-state index contributed by atoms with van der Waals surface area (Å²) in [4.78, 5) is 24.1. The first-order valence-corrected chi connectivity index (χ1v) is 9.52. The van der Waals surface area contributed by atoms with Gasteiger partial charge in [-0.25, -0.2) is 0 Å². The number of hydrogen-bond acceptors (Lipinski definition) is 4. The van der Waals surface area contributed by atoms with Crippen LogP contribution in [0.3, 0.4) is 0 Å². The van der Waals surface area contributed by atoms with E-state index < -0.39 is 10.8 Å². The Bertz CT molecular complexity index is 840. The molecule has 0 aliphatic heterocycles. The van der Waals surface area contributed by atoms with Crippen molar-refractivity contribution in [2.45, 2.75) is 41.5 Å². The van der Waals surface area contributed by atoms with Crippen molar-refractivity contribution in [2.75, 3.05) is 0 Å². The van der Waals surface area contributed by atoms with Crippen LogP contribution in [0.2, 0.25) is 0 Å². The summed E-state index contributed by atoms with van der Waals surface area (Å²) >= 11 is 3.53. The van der Waals surface area contributed by atoms with E-state index in [2.05, 4.69) is 15.9 Å². The lowest BCUT2D eigenvalue weighted by Crippen LogP contribution is -2.25. The first-order valence-electron chi connectivity index (χ1n) is 8.72. The molecule has 2 rings (SSSR count). The minimum atomic E-state index is -0.578. The van der Waals surface area contributed by atoms with Gasteiger partial charge in [-0.1, -0.05) is 28.1 Å². The molecule has 0 fully saturated rings. The molecule has 144 valence electrons. The monoisotopic (exact) mass is 432 g/mol. The summed E-state index contributed by atoms with van der Waals surface area (Å²) in [6, 6.07) is 12.6. The van der Waals surface area contributed by atoms with Crippen LogP contribution in [0, 0.1) is 10.8 Å². The van der Waals surface area contributed by atoms with Crippen LogP contribution in [-0.4, -0.2) is 11.9 Å². The lowest BCUT2D eigenvalue weighted by Gasteiger charge is -2.17. The average molecular weight is 433 g/mol. The van der Waals surface area contributed by atoms with Gasteiger partial charge in [-0.3, -0.25) is 9.59 Å². The van der Waals surface area contributed by atoms with Crippen LogP contribution in [0.1, 0.15) is 41.5 Å². The fourth-order valence-corrected chi connectivity index (χ4v) is 2.49. The number of benzene rings is 2. The highest BCUT2D eigenvalue weighted by Crippen LogP contribution is 2.33. The SMILES string of the molecule is CC(C)(C)C(=O)Oc1ccc(-c2cc(OC(=O)C(C)(C)C)ccc2Br)cc1. The summed E-state index contributed by atoms with van der Waals surface area (Å²) in [5, 5.41) is 0. The van der Waals surface area contributed by atoms with Gasteiger partial charge in [0.05, 0.1) is 10.8 Å². The zero-order valence-corrected chi connectivity index (χ0v) is 18.1. The Hall–Kier alpha value is -2.14. The first kappa shape index (κ1) is 21.2. The molecule has 0 saturated carbocycles. The molecule has 0 radical (unpaired) electrons. The molecule has 0 atom stereocenters. The van der Waals surface area contributed by atoms with Gasteiger partial charge in [0.25, 0.3) is 0 Å². The Morgan fingerprint density at radius 1 is 0.741 bits per heavy atom. The van der Waals surface area contributed by atoms with E-state index in [1.165, 1.54) is 0 Å². The molecule has 2 aromatic rings. The Morgan fingerprint density at radius 2 is 1.19 bits per heavy atom. The number of carbonyl (C=O) groups is 2. The third-order valence-electron chi connectivity index (χ3n) is 3.75. The summed E-state index contributed by atoms with van der Waals surface area (Å²) < 4.78 is 11.7. The molecule has 0 spiro atoms. The van der Waals surface area contributed by atoms with Gasteiger partial charge < -0.3 is 9.47 Å². The molecule has 0 aromatic heterocycles. The number of hydrogen-bond donors (Lipinski definition) is 0. The molecular formula is C22H25BrO4. The van der Waals surface area contributed by atoms with E-state index in [1.54, 1.807) is 18.2 Å². The second-order valence-electron chi connectivity index (χ2n) is 8.45. The van der Waals surface area contributed by atoms with Crippen molar-refractivity contribution < 1.29 is 19.1 Å². The van der Waals surface area contributed by atoms with Gasteiger partial charge in [0.1, 0.15) is 11.5 Å². The highest BCUT2D eigenvalue weighted by atomic mass is 79.9. The van der Waals surface area contributed by atoms with Gasteiger partial charge in [0, 0.05) is 4.47 Å². The standard InChI is InChI=1S/C22H25BrO4/c1-21(2,3)19(24)26-15-9-7-14(8-10-15)17-13-16(11-12-18(17)23)27-20(25)22(4,5)6/h7-13H,1-6H3. The van der Waals surface area contributed by atoms with Gasteiger partial charge in [0.15, 0.2) is 0 Å². The number of carbonyl (C=O) groups excluding carboxylic acids is 2. The van der Waals surface area contributed by atoms with Crippen LogP contribution in [0.4, 0.5) is 0 Å². The van der Waals surface area contributed by atoms with Crippen molar-refractivity contribution in [2.24, 2.45) is 10.8 Å². The molecule has 0 saturated heterocycles. The van der Waals surface area contributed by atoms with E-state index in [0.717, 1.165) is 15.6 Å². The van der Waals surface area contributed by atoms with E-state index in [9.17, 15) is 9.59 Å². The van der Waals surface area contributed by atoms with Crippen molar-refractivity contribution in [3.8, 4) is 22.6 Å². The Morgan fingerprint density at radius 3 is 1.67 bits per heavy atom. The minimum Gasteiger partial charge on any atom is -0.426 e. The highest BCUT2D eigenvalue weighted by Gasteiger charge is 2.25. The van der Waals surface area contributed by atoms with Crippen molar-refractivity contribution >= 4 is 27.9 Å². The molecule has 0 unspecified atom stereocenters. The van der Waals surface area contributed by atoms with E-state index in [0.29, 0.717) is 11.5 Å². The topological polar surface area (TPSA) is 52.6 Å². The van der Waals surface area contributed by atoms with Crippen LogP contribution >= 0.6 is 15.9 Å². The number of ether oxygens (including phenoxy) is 2. The molecule has 0 amide bonds. The normalized spacial score (nSPS) is 11.8. The number of esters is 2. The smallest absolute Gasteiger partial charge is 0.316 e. The maximum absolute atomic E-state index is 12.1. The average Bonchev–Trinajstić information content (AvgIpc) is 2.55. The first-order chi connectivity index (χ1) is 12.4. The van der Waals surface area contributed by atoms with Gasteiger partial charge in [-0.05, 0) is 83.0 Å². The van der Waals surface area contributed by atoms with E-state index in [4.69, 9.17) is 9.47 Å². The van der Waals surface area contributed by atoms with Crippen LogP contribution in [0.5, 0.6) is 11.5 Å². The van der Waals surface area contributed by atoms with Crippen molar-refractivity contribution in [3.05, 3.63) is 46.9 Å². The summed E-state index contributed by atoms with van der Waals surface area (Å²) in [6.45, 7) is 10.9. The molecule has 0 heterocycles. The maximum Gasteiger partial charge on any atom is 0.316 e. The Balaban J connectivity index is 2.24. The van der Waals surface area contributed by atoms with E-state index in [-0.39, 0.29) is 11.9 Å². The highest BCUT2D eigenvalue weighted by molar-refractivity contribution is 9.10. The molecule has 27 heavy (non-hydrogen) atoms. The predicted molar refractivity (Wildman–Crippen MR) is 110 cm³/mol. The molecule has 0 N–H and O–H groups in total. The second-order valence-corrected chi connectivity index (χ2v) is 9.30. The Kier molecular flexibility index (Phi) is 6.15. The molecule has 0 bridgehead atoms. The van der Waals surface area contributed by atoms with E-state index in [1.807, 2.05) is 65.8 Å². The van der Waals surface area contributed by atoms with Gasteiger partial charge in [-0.2, -0.15) is 0 Å². The van der Waals surface area contributed by atoms with Gasteiger partial charge in [0.2, 0.25) is 0 Å². The molecular weight excluding hydrogens is 408 g/mol. The van der Waals surface area contributed by atoms with Crippen LogP contribution in [0.15, 0.2) is 46.9 Å². The van der Waals surface area contributed by atoms with Crippen molar-refractivity contribution in [3.63, 3.8) is 0 Å². The van der Waals surface area contributed by atoms with Crippen LogP contribution < -0.4 is 9.47 Å². The third kappa shape index (κ3) is 5.67. The molecule has 2 aromatic carbocycles. The zero-order valence-electron chi connectivity index (χ0n) is 16.6. The fourth-order valence-electron chi connectivity index (χ4n) is 2.01. The van der Waals surface area contributed by atoms with Gasteiger partial charge >= 0.3 is 11.9 Å². The molecule has 0 aliphatic carbocycles. The summed E-state index contributed by atoms with van der Waals surface area (Å²) in [7, 11) is 0. The Labute approximate surface area is 169 Å². The lowest BCUT2D eigenvalue weighted by atomic mass is 9.97. The zero-order chi connectivity index (χ0) is 20.4. The summed E-state index contributed by atoms with van der Waals surface area (Å²) in [5.74, 6) is 0.397. The minimum absolute atomic E-state index is 0.285. The van der Waals surface area contributed by atoms with Crippen LogP contribution in [-0.2, 0) is 9.59 Å². The van der Waals surface area contributed by atoms with Crippen molar-refractivity contribution in [1.82, 2.24) is 0 Å². The van der Waals surface area contributed by atoms with Crippen LogP contribution in [0.25, 0.3) is 11.1 Å². The summed E-state index contributed by atoms with van der Waals surface area (Å²) in [5.41, 5.74) is 0.646. The fraction of sp³-hybridized carbons (Fsp3) is 0.364. The second kappa shape index (κ2) is 7.85. The largest absolute Gasteiger partial charge is 0.426 e. The molecule has 0 aliphatic rings. The molecule has 4 nitrogen and oxygen atoms in total. The van der Waals surface area contributed by atoms with Crippen molar-refractivity contribution in [1.29, 1.82) is 0 Å². The molecule has 5 heteroatoms. The lowest BCUT2D eigenvalue weighted by molar-refractivity contribution is -0.143. The third-order valence-corrected chi connectivity index (χ3v) is 4.44. The number of rotatable bonds is 3. The predicted octanol–water partition coefficient (Wildman–Crippen LogP) is 6.02. The van der Waals surface area contributed by atoms with Gasteiger partial charge in [-0.15, -0.1) is 0 Å².